The van der Waals surface area contributed by atoms with Crippen LogP contribution in [-0.2, 0) is 23.9 Å². The van der Waals surface area contributed by atoms with Crippen LogP contribution < -0.4 is 5.73 Å². The quantitative estimate of drug-likeness (QED) is 0.830. The Morgan fingerprint density at radius 3 is 2.37 bits per heavy atom. The molecule has 1 heterocycles. The number of nitrogens with zero attached hydrogens (tertiary/aromatic N) is 1. The SMILES string of the molecule is NCc1c(CC(=O)O)cnc(C(F)F)c1C(F)(F)F. The molecule has 0 aliphatic carbocycles. The third kappa shape index (κ3) is 3.37. The van der Waals surface area contributed by atoms with Gasteiger partial charge in [0.15, 0.2) is 0 Å². The number of aromatic nitrogens is 1. The molecule has 0 unspecified atom stereocenters. The molecule has 1 aromatic rings. The maximum atomic E-state index is 12.8. The third-order valence-electron chi connectivity index (χ3n) is 2.34. The van der Waals surface area contributed by atoms with Crippen molar-refractivity contribution in [1.29, 1.82) is 0 Å². The number of hydrogen-bond acceptors (Lipinski definition) is 3. The summed E-state index contributed by atoms with van der Waals surface area (Å²) in [7, 11) is 0. The van der Waals surface area contributed by atoms with Crippen molar-refractivity contribution in [2.45, 2.75) is 25.6 Å². The largest absolute Gasteiger partial charge is 0.481 e. The minimum absolute atomic E-state index is 0.327. The maximum Gasteiger partial charge on any atom is 0.418 e. The van der Waals surface area contributed by atoms with E-state index in [4.69, 9.17) is 10.8 Å². The summed E-state index contributed by atoms with van der Waals surface area (Å²) >= 11 is 0. The summed E-state index contributed by atoms with van der Waals surface area (Å²) in [5, 5.41) is 8.56. The van der Waals surface area contributed by atoms with Gasteiger partial charge < -0.3 is 10.8 Å². The molecule has 1 rings (SSSR count). The van der Waals surface area contributed by atoms with Gasteiger partial charge in [0.1, 0.15) is 5.69 Å². The number of rotatable bonds is 4. The molecule has 0 saturated heterocycles. The Hall–Kier alpha value is -1.77. The van der Waals surface area contributed by atoms with Crippen LogP contribution in [0.5, 0.6) is 0 Å². The fourth-order valence-electron chi connectivity index (χ4n) is 1.64. The van der Waals surface area contributed by atoms with Crippen LogP contribution in [0.1, 0.15) is 28.8 Å². The number of nitrogens with two attached hydrogens (primary N) is 1. The molecule has 0 spiro atoms. The lowest BCUT2D eigenvalue weighted by atomic mass is 9.98. The highest BCUT2D eigenvalue weighted by Crippen LogP contribution is 2.38. The first kappa shape index (κ1) is 15.3. The van der Waals surface area contributed by atoms with Gasteiger partial charge in [0.05, 0.1) is 12.0 Å². The van der Waals surface area contributed by atoms with E-state index in [1.807, 2.05) is 0 Å². The van der Waals surface area contributed by atoms with Gasteiger partial charge >= 0.3 is 12.1 Å². The number of carbonyl (C=O) groups is 1. The van der Waals surface area contributed by atoms with Crippen LogP contribution in [0, 0.1) is 0 Å². The van der Waals surface area contributed by atoms with Crippen molar-refractivity contribution in [2.24, 2.45) is 5.73 Å². The van der Waals surface area contributed by atoms with Crippen molar-refractivity contribution in [3.8, 4) is 0 Å². The molecule has 0 aromatic carbocycles. The van der Waals surface area contributed by atoms with Crippen molar-refractivity contribution < 1.29 is 31.9 Å². The van der Waals surface area contributed by atoms with Crippen LogP contribution in [0.4, 0.5) is 22.0 Å². The lowest BCUT2D eigenvalue weighted by Gasteiger charge is -2.18. The van der Waals surface area contributed by atoms with E-state index in [2.05, 4.69) is 4.98 Å². The van der Waals surface area contributed by atoms with Crippen molar-refractivity contribution in [2.75, 3.05) is 0 Å². The van der Waals surface area contributed by atoms with Crippen LogP contribution in [0.3, 0.4) is 0 Å². The Morgan fingerprint density at radius 1 is 1.42 bits per heavy atom. The Labute approximate surface area is 104 Å². The smallest absolute Gasteiger partial charge is 0.418 e. The van der Waals surface area contributed by atoms with E-state index in [1.165, 1.54) is 0 Å². The van der Waals surface area contributed by atoms with Crippen LogP contribution in [0.2, 0.25) is 0 Å². The first-order valence-corrected chi connectivity index (χ1v) is 4.96. The van der Waals surface area contributed by atoms with E-state index in [9.17, 15) is 26.7 Å². The van der Waals surface area contributed by atoms with Gasteiger partial charge in [-0.05, 0) is 11.1 Å². The number of pyridine rings is 1. The molecule has 0 radical (unpaired) electrons. The summed E-state index contributed by atoms with van der Waals surface area (Å²) in [6.07, 6.45) is -8.60. The van der Waals surface area contributed by atoms with E-state index in [-0.39, 0.29) is 5.56 Å². The molecule has 4 nitrogen and oxygen atoms in total. The lowest BCUT2D eigenvalue weighted by Crippen LogP contribution is -2.20. The zero-order chi connectivity index (χ0) is 14.8. The van der Waals surface area contributed by atoms with Gasteiger partial charge in [-0.25, -0.2) is 8.78 Å². The van der Waals surface area contributed by atoms with Crippen LogP contribution >= 0.6 is 0 Å². The normalized spacial score (nSPS) is 11.9. The Kier molecular flexibility index (Phi) is 4.40. The van der Waals surface area contributed by atoms with Crippen LogP contribution in [-0.4, -0.2) is 16.1 Å². The first-order valence-electron chi connectivity index (χ1n) is 4.96. The predicted octanol–water partition coefficient (Wildman–Crippen LogP) is 2.12. The minimum Gasteiger partial charge on any atom is -0.481 e. The highest BCUT2D eigenvalue weighted by molar-refractivity contribution is 5.71. The molecule has 3 N–H and O–H groups in total. The molecule has 0 aliphatic heterocycles. The molecule has 106 valence electrons. The zero-order valence-corrected chi connectivity index (χ0v) is 9.34. The average Bonchev–Trinajstić information content (AvgIpc) is 2.25. The number of carboxylic acids is 1. The topological polar surface area (TPSA) is 76.2 Å². The highest BCUT2D eigenvalue weighted by atomic mass is 19.4. The van der Waals surface area contributed by atoms with Gasteiger partial charge in [0, 0.05) is 12.7 Å². The molecule has 9 heteroatoms. The molecule has 0 bridgehead atoms. The molecular formula is C10H9F5N2O2. The highest BCUT2D eigenvalue weighted by Gasteiger charge is 2.40. The van der Waals surface area contributed by atoms with Gasteiger partial charge in [-0.3, -0.25) is 9.78 Å². The van der Waals surface area contributed by atoms with Crippen molar-refractivity contribution >= 4 is 5.97 Å². The van der Waals surface area contributed by atoms with Crippen LogP contribution in [0.15, 0.2) is 6.20 Å². The summed E-state index contributed by atoms with van der Waals surface area (Å²) in [6.45, 7) is -0.709. The van der Waals surface area contributed by atoms with Gasteiger partial charge in [-0.2, -0.15) is 13.2 Å². The zero-order valence-electron chi connectivity index (χ0n) is 9.34. The number of aliphatic carboxylic acids is 1. The molecule has 0 fully saturated rings. The van der Waals surface area contributed by atoms with Crippen molar-refractivity contribution in [3.63, 3.8) is 0 Å². The average molecular weight is 284 g/mol. The Balaban J connectivity index is 3.55. The van der Waals surface area contributed by atoms with Crippen LogP contribution in [0.25, 0.3) is 0 Å². The molecular weight excluding hydrogens is 275 g/mol. The fraction of sp³-hybridized carbons (Fsp3) is 0.400. The molecule has 1 aromatic heterocycles. The molecule has 0 amide bonds. The molecule has 0 saturated carbocycles. The van der Waals surface area contributed by atoms with E-state index < -0.39 is 48.4 Å². The molecule has 0 atom stereocenters. The second-order valence-corrected chi connectivity index (χ2v) is 3.60. The standard InChI is InChI=1S/C10H9F5N2O2/c11-9(12)8-7(10(13,14)15)5(2-16)4(3-17-8)1-6(18)19/h3,9H,1-2,16H2,(H,18,19). The molecule has 0 aliphatic rings. The third-order valence-corrected chi connectivity index (χ3v) is 2.34. The summed E-state index contributed by atoms with van der Waals surface area (Å²) in [5.74, 6) is -1.41. The predicted molar refractivity (Wildman–Crippen MR) is 53.4 cm³/mol. The van der Waals surface area contributed by atoms with E-state index in [0.29, 0.717) is 6.20 Å². The number of halogens is 5. The number of alkyl halides is 5. The lowest BCUT2D eigenvalue weighted by molar-refractivity contribution is -0.141. The fourth-order valence-corrected chi connectivity index (χ4v) is 1.64. The Morgan fingerprint density at radius 2 is 2.00 bits per heavy atom. The summed E-state index contributed by atoms with van der Waals surface area (Å²) in [6, 6.07) is 0. The first-order chi connectivity index (χ1) is 8.68. The van der Waals surface area contributed by atoms with Gasteiger partial charge in [-0.15, -0.1) is 0 Å². The minimum atomic E-state index is -5.08. The Bertz CT molecular complexity index is 488. The van der Waals surface area contributed by atoms with Gasteiger partial charge in [0.25, 0.3) is 6.43 Å². The number of hydrogen-bond donors (Lipinski definition) is 2. The maximum absolute atomic E-state index is 12.8. The number of carboxylic acid groups (broad SMARTS) is 1. The summed E-state index contributed by atoms with van der Waals surface area (Å²) in [4.78, 5) is 13.5. The van der Waals surface area contributed by atoms with E-state index in [1.54, 1.807) is 0 Å². The second-order valence-electron chi connectivity index (χ2n) is 3.60. The van der Waals surface area contributed by atoms with Crippen molar-refractivity contribution in [1.82, 2.24) is 4.98 Å². The van der Waals surface area contributed by atoms with Gasteiger partial charge in [-0.1, -0.05) is 0 Å². The van der Waals surface area contributed by atoms with Crippen molar-refractivity contribution in [3.05, 3.63) is 28.6 Å². The monoisotopic (exact) mass is 284 g/mol. The summed E-state index contributed by atoms with van der Waals surface area (Å²) in [5.41, 5.74) is 1.04. The van der Waals surface area contributed by atoms with Gasteiger partial charge in [0.2, 0.25) is 0 Å². The van der Waals surface area contributed by atoms with E-state index in [0.717, 1.165) is 0 Å². The van der Waals surface area contributed by atoms with E-state index >= 15 is 0 Å². The second kappa shape index (κ2) is 5.47. The summed E-state index contributed by atoms with van der Waals surface area (Å²) < 4.78 is 63.5. The molecule has 19 heavy (non-hydrogen) atoms.